The Bertz CT molecular complexity index is 1290. The third-order valence-corrected chi connectivity index (χ3v) is 7.11. The molecular formula is C26H24ClFN4O3. The number of nitrogens with zero attached hydrogens (tertiary/aromatic N) is 3. The van der Waals surface area contributed by atoms with E-state index in [0.717, 1.165) is 16.9 Å². The van der Waals surface area contributed by atoms with Gasteiger partial charge in [0, 0.05) is 44.0 Å². The normalized spacial score (nSPS) is 19.0. The van der Waals surface area contributed by atoms with Gasteiger partial charge in [0.25, 0.3) is 5.69 Å². The summed E-state index contributed by atoms with van der Waals surface area (Å²) in [5, 5.41) is 15.0. The number of para-hydroxylation sites is 1. The second-order valence-corrected chi connectivity index (χ2v) is 9.29. The average molecular weight is 495 g/mol. The van der Waals surface area contributed by atoms with E-state index in [1.54, 1.807) is 24.3 Å². The van der Waals surface area contributed by atoms with Gasteiger partial charge in [0.1, 0.15) is 5.82 Å². The molecule has 5 rings (SSSR count). The van der Waals surface area contributed by atoms with Gasteiger partial charge in [-0.3, -0.25) is 14.9 Å². The molecule has 0 aliphatic carbocycles. The fraction of sp³-hybridized carbons (Fsp3) is 0.269. The van der Waals surface area contributed by atoms with Gasteiger partial charge in [-0.25, -0.2) is 4.39 Å². The van der Waals surface area contributed by atoms with Gasteiger partial charge in [-0.15, -0.1) is 0 Å². The molecule has 2 heterocycles. The summed E-state index contributed by atoms with van der Waals surface area (Å²) < 4.78 is 13.6. The highest BCUT2D eigenvalue weighted by atomic mass is 35.5. The lowest BCUT2D eigenvalue weighted by molar-refractivity contribution is -0.384. The van der Waals surface area contributed by atoms with Crippen LogP contribution in [0.5, 0.6) is 0 Å². The summed E-state index contributed by atoms with van der Waals surface area (Å²) >= 11 is 6.46. The van der Waals surface area contributed by atoms with Crippen molar-refractivity contribution in [3.05, 3.63) is 98.8 Å². The van der Waals surface area contributed by atoms with Crippen LogP contribution in [0.25, 0.3) is 0 Å². The lowest BCUT2D eigenvalue weighted by Crippen LogP contribution is -2.61. The molecule has 3 aromatic carbocycles. The van der Waals surface area contributed by atoms with Gasteiger partial charge in [0.05, 0.1) is 27.6 Å². The Morgan fingerprint density at radius 1 is 1.09 bits per heavy atom. The molecule has 0 aromatic heterocycles. The van der Waals surface area contributed by atoms with Gasteiger partial charge in [-0.05, 0) is 47.9 Å². The highest BCUT2D eigenvalue weighted by molar-refractivity contribution is 6.33. The lowest BCUT2D eigenvalue weighted by atomic mass is 9.83. The number of hydrogen-bond acceptors (Lipinski definition) is 5. The topological polar surface area (TPSA) is 78.7 Å². The monoisotopic (exact) mass is 494 g/mol. The molecule has 2 atom stereocenters. The zero-order valence-corrected chi connectivity index (χ0v) is 19.6. The van der Waals surface area contributed by atoms with Crippen molar-refractivity contribution in [1.29, 1.82) is 0 Å². The molecule has 1 fully saturated rings. The molecule has 2 aliphatic heterocycles. The minimum atomic E-state index is -0.441. The van der Waals surface area contributed by atoms with Gasteiger partial charge in [-0.2, -0.15) is 0 Å². The number of rotatable bonds is 5. The molecule has 1 N–H and O–H groups in total. The van der Waals surface area contributed by atoms with E-state index in [2.05, 4.69) is 15.1 Å². The van der Waals surface area contributed by atoms with Crippen LogP contribution < -0.4 is 15.1 Å². The number of non-ortho nitro benzene ring substituents is 1. The van der Waals surface area contributed by atoms with Crippen molar-refractivity contribution in [2.75, 3.05) is 29.4 Å². The maximum absolute atomic E-state index is 13.6. The van der Waals surface area contributed by atoms with Crippen LogP contribution >= 0.6 is 11.6 Å². The van der Waals surface area contributed by atoms with Crippen molar-refractivity contribution < 1.29 is 14.1 Å². The van der Waals surface area contributed by atoms with Crippen LogP contribution in [0, 0.1) is 21.8 Å². The molecule has 7 nitrogen and oxygen atoms in total. The van der Waals surface area contributed by atoms with E-state index in [4.69, 9.17) is 11.6 Å². The number of nitro groups is 1. The standard InChI is InChI=1S/C26H24ClFN4O3/c27-22-6-1-2-7-24(22)30-10-11-31-23-9-8-20(32(34)35)13-18(23)14-21(25(31)16-30)26(33)29-15-17-4-3-5-19(28)12-17/h1-9,12-13,21,25H,10-11,14-16H2,(H,29,33)/t21-,25+/m1/s1. The van der Waals surface area contributed by atoms with Crippen LogP contribution in [-0.4, -0.2) is 36.5 Å². The minimum absolute atomic E-state index is 0.0100. The summed E-state index contributed by atoms with van der Waals surface area (Å²) in [5.41, 5.74) is 3.31. The molecule has 180 valence electrons. The van der Waals surface area contributed by atoms with E-state index in [9.17, 15) is 19.3 Å². The number of benzene rings is 3. The predicted molar refractivity (Wildman–Crippen MR) is 133 cm³/mol. The minimum Gasteiger partial charge on any atom is -0.366 e. The summed E-state index contributed by atoms with van der Waals surface area (Å²) in [7, 11) is 0. The van der Waals surface area contributed by atoms with Crippen molar-refractivity contribution in [1.82, 2.24) is 5.32 Å². The van der Waals surface area contributed by atoms with E-state index >= 15 is 0 Å². The molecule has 9 heteroatoms. The Kier molecular flexibility index (Phi) is 6.30. The number of amides is 1. The first kappa shape index (κ1) is 23.1. The number of nitro benzene ring substituents is 1. The first-order valence-electron chi connectivity index (χ1n) is 11.5. The van der Waals surface area contributed by atoms with Crippen LogP contribution in [0.15, 0.2) is 66.7 Å². The number of carbonyl (C=O) groups excluding carboxylic acids is 1. The number of fused-ring (bicyclic) bond motifs is 3. The second kappa shape index (κ2) is 9.54. The summed E-state index contributed by atoms with van der Waals surface area (Å²) in [6.45, 7) is 2.14. The van der Waals surface area contributed by atoms with Crippen molar-refractivity contribution in [2.24, 2.45) is 5.92 Å². The largest absolute Gasteiger partial charge is 0.366 e. The Morgan fingerprint density at radius 3 is 2.69 bits per heavy atom. The molecule has 0 saturated carbocycles. The molecular weight excluding hydrogens is 471 g/mol. The van der Waals surface area contributed by atoms with Gasteiger partial charge in [0.15, 0.2) is 0 Å². The molecule has 0 unspecified atom stereocenters. The van der Waals surface area contributed by atoms with E-state index in [1.807, 2.05) is 24.3 Å². The van der Waals surface area contributed by atoms with Crippen LogP contribution in [0.2, 0.25) is 5.02 Å². The van der Waals surface area contributed by atoms with E-state index < -0.39 is 10.8 Å². The van der Waals surface area contributed by atoms with E-state index in [0.29, 0.717) is 36.6 Å². The Morgan fingerprint density at radius 2 is 1.91 bits per heavy atom. The molecule has 0 bridgehead atoms. The summed E-state index contributed by atoms with van der Waals surface area (Å²) in [5.74, 6) is -0.963. The van der Waals surface area contributed by atoms with Crippen molar-refractivity contribution in [3.8, 4) is 0 Å². The number of anilines is 2. The average Bonchev–Trinajstić information content (AvgIpc) is 2.86. The van der Waals surface area contributed by atoms with Crippen LogP contribution in [0.3, 0.4) is 0 Å². The molecule has 0 spiro atoms. The third kappa shape index (κ3) is 4.66. The molecule has 1 amide bonds. The van der Waals surface area contributed by atoms with Crippen LogP contribution in [0.4, 0.5) is 21.5 Å². The Labute approximate surface area is 207 Å². The molecule has 3 aromatic rings. The zero-order chi connectivity index (χ0) is 24.5. The maximum Gasteiger partial charge on any atom is 0.269 e. The molecule has 2 aliphatic rings. The van der Waals surface area contributed by atoms with Gasteiger partial charge < -0.3 is 15.1 Å². The number of nitrogens with one attached hydrogen (secondary N) is 1. The number of piperazine rings is 1. The number of carbonyl (C=O) groups is 1. The fourth-order valence-electron chi connectivity index (χ4n) is 5.12. The van der Waals surface area contributed by atoms with Crippen molar-refractivity contribution in [3.63, 3.8) is 0 Å². The number of halogens is 2. The smallest absolute Gasteiger partial charge is 0.269 e. The van der Waals surface area contributed by atoms with Crippen molar-refractivity contribution >= 4 is 34.6 Å². The number of hydrogen-bond donors (Lipinski definition) is 1. The molecule has 1 saturated heterocycles. The Balaban J connectivity index is 1.44. The van der Waals surface area contributed by atoms with Crippen LogP contribution in [-0.2, 0) is 17.8 Å². The van der Waals surface area contributed by atoms with Crippen LogP contribution in [0.1, 0.15) is 11.1 Å². The quantitative estimate of drug-likeness (QED) is 0.415. The first-order chi connectivity index (χ1) is 16.9. The van der Waals surface area contributed by atoms with Gasteiger partial charge in [0.2, 0.25) is 5.91 Å². The highest BCUT2D eigenvalue weighted by Gasteiger charge is 2.42. The third-order valence-electron chi connectivity index (χ3n) is 6.79. The Hall–Kier alpha value is -3.65. The fourth-order valence-corrected chi connectivity index (χ4v) is 5.37. The predicted octanol–water partition coefficient (Wildman–Crippen LogP) is 4.57. The zero-order valence-electron chi connectivity index (χ0n) is 18.9. The van der Waals surface area contributed by atoms with Crippen molar-refractivity contribution in [2.45, 2.75) is 19.0 Å². The first-order valence-corrected chi connectivity index (χ1v) is 11.8. The summed E-state index contributed by atoms with van der Waals surface area (Å²) in [4.78, 5) is 28.8. The molecule has 0 radical (unpaired) electrons. The van der Waals surface area contributed by atoms with Gasteiger partial charge in [-0.1, -0.05) is 35.9 Å². The van der Waals surface area contributed by atoms with Gasteiger partial charge >= 0.3 is 0 Å². The SMILES string of the molecule is O=C(NCc1cccc(F)c1)[C@@H]1Cc2cc([N+](=O)[O-])ccc2N2CCN(c3ccccc3Cl)C[C@@H]12. The highest BCUT2D eigenvalue weighted by Crippen LogP contribution is 2.39. The maximum atomic E-state index is 13.6. The second-order valence-electron chi connectivity index (χ2n) is 8.89. The lowest BCUT2D eigenvalue weighted by Gasteiger charge is -2.49. The summed E-state index contributed by atoms with van der Waals surface area (Å²) in [6, 6.07) is 18.5. The van der Waals surface area contributed by atoms with E-state index in [-0.39, 0.29) is 30.0 Å². The summed E-state index contributed by atoms with van der Waals surface area (Å²) in [6.07, 6.45) is 0.378. The molecule has 35 heavy (non-hydrogen) atoms. The van der Waals surface area contributed by atoms with E-state index in [1.165, 1.54) is 18.2 Å².